The molecule has 0 amide bonds. The van der Waals surface area contributed by atoms with E-state index in [4.69, 9.17) is 10.5 Å². The van der Waals surface area contributed by atoms with Gasteiger partial charge in [-0.2, -0.15) is 0 Å². The van der Waals surface area contributed by atoms with Crippen LogP contribution >= 0.6 is 0 Å². The molecular formula is C26H29FN2O4. The molecule has 2 unspecified atom stereocenters. The van der Waals surface area contributed by atoms with Crippen molar-refractivity contribution < 1.29 is 24.1 Å². The Bertz CT molecular complexity index is 1020. The number of carbonyl (C=O) groups is 1. The molecule has 0 heterocycles. The maximum Gasteiger partial charge on any atom is 0.308 e. The monoisotopic (exact) mass is 452 g/mol. The van der Waals surface area contributed by atoms with Gasteiger partial charge in [-0.05, 0) is 65.9 Å². The molecule has 6 nitrogen and oxygen atoms in total. The van der Waals surface area contributed by atoms with E-state index in [0.29, 0.717) is 17.9 Å². The average molecular weight is 453 g/mol. The molecule has 0 aliphatic heterocycles. The van der Waals surface area contributed by atoms with Gasteiger partial charge in [-0.3, -0.25) is 4.79 Å². The van der Waals surface area contributed by atoms with E-state index in [9.17, 15) is 19.4 Å². The first-order valence-corrected chi connectivity index (χ1v) is 10.8. The van der Waals surface area contributed by atoms with E-state index < -0.39 is 29.9 Å². The molecule has 0 aliphatic rings. The summed E-state index contributed by atoms with van der Waals surface area (Å²) in [7, 11) is 1.57. The van der Waals surface area contributed by atoms with Crippen molar-refractivity contribution in [3.05, 3.63) is 95.3 Å². The number of nitrogens with two attached hydrogens (primary N) is 1. The van der Waals surface area contributed by atoms with Crippen LogP contribution in [0.5, 0.6) is 5.75 Å². The molecule has 0 fully saturated rings. The third-order valence-corrected chi connectivity index (χ3v) is 5.71. The fourth-order valence-electron chi connectivity index (χ4n) is 3.77. The summed E-state index contributed by atoms with van der Waals surface area (Å²) >= 11 is 0. The van der Waals surface area contributed by atoms with Crippen LogP contribution in [-0.2, 0) is 11.3 Å². The predicted molar refractivity (Wildman–Crippen MR) is 125 cm³/mol. The van der Waals surface area contributed by atoms with Crippen LogP contribution in [0.3, 0.4) is 0 Å². The summed E-state index contributed by atoms with van der Waals surface area (Å²) in [5, 5.41) is 24.0. The van der Waals surface area contributed by atoms with Crippen LogP contribution in [0.25, 0.3) is 0 Å². The number of hydrogen-bond acceptors (Lipinski definition) is 5. The molecule has 5 N–H and O–H groups in total. The molecule has 0 aliphatic carbocycles. The number of benzene rings is 3. The maximum atomic E-state index is 13.2. The lowest BCUT2D eigenvalue weighted by atomic mass is 9.87. The minimum atomic E-state index is -0.979. The van der Waals surface area contributed by atoms with Crippen LogP contribution in [0, 0.1) is 11.7 Å². The Morgan fingerprint density at radius 1 is 0.970 bits per heavy atom. The summed E-state index contributed by atoms with van der Waals surface area (Å²) in [4.78, 5) is 12.3. The molecule has 33 heavy (non-hydrogen) atoms. The third-order valence-electron chi connectivity index (χ3n) is 5.71. The van der Waals surface area contributed by atoms with E-state index in [-0.39, 0.29) is 12.8 Å². The minimum absolute atomic E-state index is 0.207. The van der Waals surface area contributed by atoms with Gasteiger partial charge in [0, 0.05) is 12.2 Å². The van der Waals surface area contributed by atoms with Crippen molar-refractivity contribution in [1.82, 2.24) is 0 Å². The number of ether oxygens (including phenoxy) is 1. The molecule has 3 atom stereocenters. The SMILES string of the molecule is COc1ccc([C@@H](Nc2ccc(CN)cc2)C(CCC(O)c2ccc(F)cc2)C(=O)O)cc1. The van der Waals surface area contributed by atoms with E-state index in [1.165, 1.54) is 24.3 Å². The van der Waals surface area contributed by atoms with Gasteiger partial charge in [-0.1, -0.05) is 36.4 Å². The zero-order valence-electron chi connectivity index (χ0n) is 18.4. The molecule has 3 aromatic carbocycles. The number of nitrogens with one attached hydrogen (secondary N) is 1. The minimum Gasteiger partial charge on any atom is -0.497 e. The molecule has 3 rings (SSSR count). The van der Waals surface area contributed by atoms with Crippen LogP contribution in [0.15, 0.2) is 72.8 Å². The number of methoxy groups -OCH3 is 1. The van der Waals surface area contributed by atoms with Crippen molar-refractivity contribution in [1.29, 1.82) is 0 Å². The first kappa shape index (κ1) is 24.2. The highest BCUT2D eigenvalue weighted by Gasteiger charge is 2.30. The Kier molecular flexibility index (Phi) is 8.40. The average Bonchev–Trinajstić information content (AvgIpc) is 2.84. The number of aliphatic hydroxyl groups excluding tert-OH is 1. The van der Waals surface area contributed by atoms with Gasteiger partial charge in [0.05, 0.1) is 25.2 Å². The smallest absolute Gasteiger partial charge is 0.308 e. The molecule has 0 radical (unpaired) electrons. The molecule has 0 saturated heterocycles. The third kappa shape index (κ3) is 6.54. The van der Waals surface area contributed by atoms with E-state index in [2.05, 4.69) is 5.32 Å². The van der Waals surface area contributed by atoms with Gasteiger partial charge in [0.2, 0.25) is 0 Å². The lowest BCUT2D eigenvalue weighted by molar-refractivity contribution is -0.142. The van der Waals surface area contributed by atoms with Crippen LogP contribution in [0.4, 0.5) is 10.1 Å². The zero-order valence-corrected chi connectivity index (χ0v) is 18.4. The van der Waals surface area contributed by atoms with E-state index >= 15 is 0 Å². The van der Waals surface area contributed by atoms with Crippen LogP contribution in [0.1, 0.15) is 41.7 Å². The first-order chi connectivity index (χ1) is 15.9. The Balaban J connectivity index is 1.84. The van der Waals surface area contributed by atoms with Crippen molar-refractivity contribution in [2.24, 2.45) is 11.7 Å². The van der Waals surface area contributed by atoms with Gasteiger partial charge in [0.15, 0.2) is 0 Å². The summed E-state index contributed by atoms with van der Waals surface area (Å²) < 4.78 is 18.4. The summed E-state index contributed by atoms with van der Waals surface area (Å²) in [6.07, 6.45) is -0.477. The van der Waals surface area contributed by atoms with Crippen LogP contribution in [0.2, 0.25) is 0 Å². The number of hydrogen-bond donors (Lipinski definition) is 4. The van der Waals surface area contributed by atoms with Crippen molar-refractivity contribution in [3.63, 3.8) is 0 Å². The van der Waals surface area contributed by atoms with Gasteiger partial charge < -0.3 is 26.0 Å². The molecule has 7 heteroatoms. The largest absolute Gasteiger partial charge is 0.497 e. The highest BCUT2D eigenvalue weighted by Crippen LogP contribution is 2.33. The van der Waals surface area contributed by atoms with Crippen molar-refractivity contribution >= 4 is 11.7 Å². The van der Waals surface area contributed by atoms with Crippen LogP contribution < -0.4 is 15.8 Å². The lowest BCUT2D eigenvalue weighted by Crippen LogP contribution is -2.28. The number of rotatable bonds is 11. The highest BCUT2D eigenvalue weighted by molar-refractivity contribution is 5.72. The zero-order chi connectivity index (χ0) is 23.8. The second-order valence-electron chi connectivity index (χ2n) is 7.89. The van der Waals surface area contributed by atoms with Crippen molar-refractivity contribution in [3.8, 4) is 5.75 Å². The number of carboxylic acids is 1. The molecule has 0 saturated carbocycles. The summed E-state index contributed by atoms with van der Waals surface area (Å²) in [6, 6.07) is 19.8. The van der Waals surface area contributed by atoms with Gasteiger partial charge in [0.1, 0.15) is 11.6 Å². The fraction of sp³-hybridized carbons (Fsp3) is 0.269. The van der Waals surface area contributed by atoms with Crippen LogP contribution in [-0.4, -0.2) is 23.3 Å². The van der Waals surface area contributed by atoms with E-state index in [1.807, 2.05) is 36.4 Å². The van der Waals surface area contributed by atoms with E-state index in [0.717, 1.165) is 16.8 Å². The molecule has 0 spiro atoms. The Hall–Kier alpha value is -3.42. The van der Waals surface area contributed by atoms with Crippen molar-refractivity contribution in [2.75, 3.05) is 12.4 Å². The molecule has 0 bridgehead atoms. The summed E-state index contributed by atoms with van der Waals surface area (Å²) in [6.45, 7) is 0.418. The highest BCUT2D eigenvalue weighted by atomic mass is 19.1. The van der Waals surface area contributed by atoms with Crippen molar-refractivity contribution in [2.45, 2.75) is 31.5 Å². The second kappa shape index (κ2) is 11.4. The second-order valence-corrected chi connectivity index (χ2v) is 7.89. The summed E-state index contributed by atoms with van der Waals surface area (Å²) in [5.74, 6) is -1.53. The quantitative estimate of drug-likeness (QED) is 0.337. The number of halogens is 1. The van der Waals surface area contributed by atoms with Gasteiger partial charge in [-0.25, -0.2) is 4.39 Å². The summed E-state index contributed by atoms with van der Waals surface area (Å²) in [5.41, 5.74) is 8.74. The maximum absolute atomic E-state index is 13.2. The Labute approximate surface area is 192 Å². The Morgan fingerprint density at radius 2 is 1.58 bits per heavy atom. The molecule has 174 valence electrons. The van der Waals surface area contributed by atoms with E-state index in [1.54, 1.807) is 19.2 Å². The number of aliphatic carboxylic acids is 1. The van der Waals surface area contributed by atoms with Gasteiger partial charge in [-0.15, -0.1) is 0 Å². The number of carboxylic acid groups (broad SMARTS) is 1. The van der Waals surface area contributed by atoms with Gasteiger partial charge >= 0.3 is 5.97 Å². The lowest BCUT2D eigenvalue weighted by Gasteiger charge is -2.27. The fourth-order valence-corrected chi connectivity index (χ4v) is 3.77. The van der Waals surface area contributed by atoms with Gasteiger partial charge in [0.25, 0.3) is 0 Å². The number of anilines is 1. The normalized spacial score (nSPS) is 13.7. The predicted octanol–water partition coefficient (Wildman–Crippen LogP) is 4.66. The molecule has 3 aromatic rings. The Morgan fingerprint density at radius 3 is 2.12 bits per heavy atom. The first-order valence-electron chi connectivity index (χ1n) is 10.8. The molecular weight excluding hydrogens is 423 g/mol. The molecule has 0 aromatic heterocycles. The topological polar surface area (TPSA) is 105 Å². The number of aliphatic hydroxyl groups is 1. The standard InChI is InChI=1S/C26H29FN2O4/c1-33-22-12-6-19(7-13-22)25(29-21-10-2-17(16-28)3-11-21)23(26(31)32)14-15-24(30)18-4-8-20(27)9-5-18/h2-13,23-25,29-30H,14-16,28H2,1H3,(H,31,32)/t23?,24?,25-/m1/s1.